The molecule has 3 aliphatic heterocycles. The van der Waals surface area contributed by atoms with Gasteiger partial charge >= 0.3 is 0 Å². The smallest absolute Gasteiger partial charge is 0.237 e. The lowest BCUT2D eigenvalue weighted by molar-refractivity contribution is -0.130. The van der Waals surface area contributed by atoms with Crippen molar-refractivity contribution in [3.8, 4) is 0 Å². The van der Waals surface area contributed by atoms with E-state index in [1.54, 1.807) is 25.2 Å². The molecule has 4 aromatic rings. The number of benzene rings is 2. The summed E-state index contributed by atoms with van der Waals surface area (Å²) >= 11 is 0. The first-order chi connectivity index (χ1) is 20.2. The van der Waals surface area contributed by atoms with Gasteiger partial charge in [0.1, 0.15) is 5.82 Å². The molecule has 2 unspecified atom stereocenters. The zero-order valence-electron chi connectivity index (χ0n) is 23.5. The van der Waals surface area contributed by atoms with Gasteiger partial charge in [-0.1, -0.05) is 18.2 Å². The van der Waals surface area contributed by atoms with E-state index < -0.39 is 10.8 Å². The molecule has 8 rings (SSSR count). The van der Waals surface area contributed by atoms with E-state index in [1.165, 1.54) is 5.56 Å². The minimum atomic E-state index is -0.617. The number of carbonyl (C=O) groups is 3. The third-order valence-corrected chi connectivity index (χ3v) is 9.56. The molecular weight excluding hydrogens is 528 g/mol. The Morgan fingerprint density at radius 3 is 2.67 bits per heavy atom. The minimum Gasteiger partial charge on any atom is -0.364 e. The molecule has 2 atom stereocenters. The highest BCUT2D eigenvalue weighted by Gasteiger charge is 2.52. The summed E-state index contributed by atoms with van der Waals surface area (Å²) in [7, 11) is 3.52. The molecule has 210 valence electrons. The van der Waals surface area contributed by atoms with Crippen LogP contribution in [0, 0.1) is 0 Å². The lowest BCUT2D eigenvalue weighted by Crippen LogP contribution is -2.43. The molecule has 2 aromatic carbocycles. The zero-order chi connectivity index (χ0) is 28.8. The van der Waals surface area contributed by atoms with Crippen LogP contribution in [0.2, 0.25) is 0 Å². The molecule has 5 heterocycles. The average molecular weight is 559 g/mol. The molecule has 0 saturated carbocycles. The molecule has 0 bridgehead atoms. The van der Waals surface area contributed by atoms with Crippen LogP contribution in [0.25, 0.3) is 10.9 Å². The van der Waals surface area contributed by atoms with Gasteiger partial charge in [-0.05, 0) is 60.4 Å². The van der Waals surface area contributed by atoms with E-state index in [9.17, 15) is 14.4 Å². The molecule has 2 N–H and O–H groups in total. The Morgan fingerprint density at radius 2 is 1.83 bits per heavy atom. The Kier molecular flexibility index (Phi) is 5.12. The normalized spacial score (nSPS) is 23.0. The molecule has 0 saturated heterocycles. The van der Waals surface area contributed by atoms with Crippen molar-refractivity contribution in [3.05, 3.63) is 88.7 Å². The number of carbonyl (C=O) groups excluding carboxylic acids is 3. The molecule has 42 heavy (non-hydrogen) atoms. The highest BCUT2D eigenvalue weighted by molar-refractivity contribution is 6.06. The van der Waals surface area contributed by atoms with Gasteiger partial charge in [-0.15, -0.1) is 0 Å². The van der Waals surface area contributed by atoms with Gasteiger partial charge in [0.05, 0.1) is 23.2 Å². The molecule has 9 heteroatoms. The molecular formula is C33H30N6O3. The lowest BCUT2D eigenvalue weighted by atomic mass is 9.73. The molecule has 3 amide bonds. The Labute approximate surface area is 242 Å². The second-order valence-corrected chi connectivity index (χ2v) is 12.4. The monoisotopic (exact) mass is 558 g/mol. The van der Waals surface area contributed by atoms with Crippen LogP contribution in [0.5, 0.6) is 0 Å². The summed E-state index contributed by atoms with van der Waals surface area (Å²) in [6.45, 7) is 1.13. The van der Waals surface area contributed by atoms with Crippen LogP contribution in [-0.4, -0.2) is 53.2 Å². The van der Waals surface area contributed by atoms with Crippen molar-refractivity contribution in [1.82, 2.24) is 14.9 Å². The summed E-state index contributed by atoms with van der Waals surface area (Å²) in [5, 5.41) is 7.05. The number of rotatable bonds is 4. The van der Waals surface area contributed by atoms with Crippen LogP contribution >= 0.6 is 0 Å². The second kappa shape index (κ2) is 8.61. The maximum atomic E-state index is 13.2. The molecule has 2 aromatic heterocycles. The number of hydrogen-bond acceptors (Lipinski definition) is 6. The van der Waals surface area contributed by atoms with Gasteiger partial charge in [0.15, 0.2) is 0 Å². The Morgan fingerprint density at radius 1 is 1.00 bits per heavy atom. The van der Waals surface area contributed by atoms with Gasteiger partial charge in [0, 0.05) is 73.0 Å². The van der Waals surface area contributed by atoms with Gasteiger partial charge in [0.25, 0.3) is 0 Å². The van der Waals surface area contributed by atoms with Crippen LogP contribution in [0.3, 0.4) is 0 Å². The largest absolute Gasteiger partial charge is 0.364 e. The summed E-state index contributed by atoms with van der Waals surface area (Å²) in [5.74, 6) is 0.632. The molecule has 1 spiro atoms. The van der Waals surface area contributed by atoms with Gasteiger partial charge < -0.3 is 20.4 Å². The van der Waals surface area contributed by atoms with Gasteiger partial charge in [-0.3, -0.25) is 19.4 Å². The lowest BCUT2D eigenvalue weighted by Gasteiger charge is -2.35. The summed E-state index contributed by atoms with van der Waals surface area (Å²) in [4.78, 5) is 52.2. The predicted molar refractivity (Wildman–Crippen MR) is 159 cm³/mol. The van der Waals surface area contributed by atoms with E-state index in [0.29, 0.717) is 31.7 Å². The van der Waals surface area contributed by atoms with Crippen LogP contribution in [-0.2, 0) is 44.6 Å². The third kappa shape index (κ3) is 3.52. The van der Waals surface area contributed by atoms with Crippen molar-refractivity contribution in [3.63, 3.8) is 0 Å². The quantitative estimate of drug-likeness (QED) is 0.396. The van der Waals surface area contributed by atoms with Crippen LogP contribution in [0.15, 0.2) is 60.8 Å². The first-order valence-electron chi connectivity index (χ1n) is 14.3. The second-order valence-electron chi connectivity index (χ2n) is 12.4. The maximum Gasteiger partial charge on any atom is 0.237 e. The van der Waals surface area contributed by atoms with Crippen LogP contribution in [0.1, 0.15) is 40.8 Å². The highest BCUT2D eigenvalue weighted by Crippen LogP contribution is 2.52. The minimum absolute atomic E-state index is 0.0112. The number of pyridine rings is 2. The van der Waals surface area contributed by atoms with Crippen molar-refractivity contribution in [1.29, 1.82) is 0 Å². The fourth-order valence-electron chi connectivity index (χ4n) is 7.66. The number of amides is 3. The van der Waals surface area contributed by atoms with Crippen molar-refractivity contribution >= 4 is 45.8 Å². The number of nitrogens with zero attached hydrogens (tertiary/aromatic N) is 4. The first-order valence-corrected chi connectivity index (χ1v) is 14.3. The highest BCUT2D eigenvalue weighted by atomic mass is 16.2. The first kappa shape index (κ1) is 25.0. The SMILES string of the molecule is CN(C)C(=O)CC12CC(=O)Nc3cccc(c31)N(Cc1ccc3cc4c(cc3n1)CC1(C4)C(=O)Nc3ncccc31)C2. The van der Waals surface area contributed by atoms with Crippen molar-refractivity contribution in [2.24, 2.45) is 0 Å². The number of nitrogens with one attached hydrogen (secondary N) is 2. The summed E-state index contributed by atoms with van der Waals surface area (Å²) in [6.07, 6.45) is 3.54. The predicted octanol–water partition coefficient (Wildman–Crippen LogP) is 3.70. The topological polar surface area (TPSA) is 108 Å². The van der Waals surface area contributed by atoms with Crippen molar-refractivity contribution in [2.75, 3.05) is 36.2 Å². The van der Waals surface area contributed by atoms with Crippen LogP contribution < -0.4 is 15.5 Å². The van der Waals surface area contributed by atoms with Gasteiger partial charge in [-0.25, -0.2) is 4.98 Å². The Balaban J connectivity index is 1.12. The molecule has 4 aliphatic rings. The standard InChI is InChI=1S/C33H30N6O3/c1-38(2)28(41)16-32-15-27(40)36-24-6-3-7-26(29(24)32)39(18-32)17-22-9-8-19-11-20-13-33(14-21(20)12-25(19)35-22)23-5-4-10-34-30(23)37-31(33)42/h3-12H,13-18H2,1-2H3,(H,36,40)(H,34,37,42). The molecule has 1 aliphatic carbocycles. The summed E-state index contributed by atoms with van der Waals surface area (Å²) in [6, 6.07) is 18.3. The number of fused-ring (bicyclic) bond motifs is 4. The van der Waals surface area contributed by atoms with Crippen molar-refractivity contribution in [2.45, 2.75) is 43.1 Å². The fourth-order valence-corrected chi connectivity index (χ4v) is 7.66. The van der Waals surface area contributed by atoms with Crippen LogP contribution in [0.4, 0.5) is 17.2 Å². The summed E-state index contributed by atoms with van der Waals surface area (Å²) in [5.41, 5.74) is 6.79. The maximum absolute atomic E-state index is 13.2. The van der Waals surface area contributed by atoms with E-state index in [2.05, 4.69) is 50.8 Å². The molecule has 9 nitrogen and oxygen atoms in total. The zero-order valence-corrected chi connectivity index (χ0v) is 23.5. The number of aromatic nitrogens is 2. The molecule has 0 radical (unpaired) electrons. The van der Waals surface area contributed by atoms with Crippen molar-refractivity contribution < 1.29 is 14.4 Å². The van der Waals surface area contributed by atoms with Gasteiger partial charge in [-0.2, -0.15) is 0 Å². The number of anilines is 3. The Hall–Kier alpha value is -4.79. The van der Waals surface area contributed by atoms with E-state index >= 15 is 0 Å². The fraction of sp³-hybridized carbons (Fsp3) is 0.303. The Bertz CT molecular complexity index is 1870. The van der Waals surface area contributed by atoms with Gasteiger partial charge in [0.2, 0.25) is 17.7 Å². The number of hydrogen-bond donors (Lipinski definition) is 2. The van der Waals surface area contributed by atoms with E-state index in [1.807, 2.05) is 24.3 Å². The average Bonchev–Trinajstić information content (AvgIpc) is 3.57. The van der Waals surface area contributed by atoms with E-state index in [4.69, 9.17) is 4.98 Å². The summed E-state index contributed by atoms with van der Waals surface area (Å²) < 4.78 is 0. The van der Waals surface area contributed by atoms with E-state index in [0.717, 1.165) is 44.7 Å². The van der Waals surface area contributed by atoms with E-state index in [-0.39, 0.29) is 30.6 Å². The molecule has 0 fully saturated rings. The third-order valence-electron chi connectivity index (χ3n) is 9.56.